The monoisotopic (exact) mass is 218 g/mol. The Bertz CT molecular complexity index is 436. The minimum absolute atomic E-state index is 0.491. The number of nitrogens with two attached hydrogens (primary N) is 1. The van der Waals surface area contributed by atoms with Crippen molar-refractivity contribution in [1.29, 1.82) is 0 Å². The highest BCUT2D eigenvalue weighted by atomic mass is 16.5. The van der Waals surface area contributed by atoms with Crippen LogP contribution >= 0.6 is 0 Å². The molecule has 1 aromatic carbocycles. The lowest BCUT2D eigenvalue weighted by Gasteiger charge is -2.13. The molecule has 0 aromatic heterocycles. The second-order valence-electron chi connectivity index (χ2n) is 4.31. The summed E-state index contributed by atoms with van der Waals surface area (Å²) in [5.74, 6) is 0.921. The Labute approximate surface area is 93.8 Å². The predicted octanol–water partition coefficient (Wildman–Crippen LogP) is 1.60. The number of anilines is 1. The maximum absolute atomic E-state index is 11.0. The standard InChI is InChI=1S/C12H14N2O2/c13-12(15)14-11-8-3-1-2-7(8)6-10-9(11)4-5-16-10/h6H,1-5H2,(H3,13,14,15). The van der Waals surface area contributed by atoms with E-state index < -0.39 is 6.03 Å². The Kier molecular flexibility index (Phi) is 2.02. The van der Waals surface area contributed by atoms with Crippen molar-refractivity contribution in [2.75, 3.05) is 11.9 Å². The second kappa shape index (κ2) is 3.40. The van der Waals surface area contributed by atoms with E-state index in [-0.39, 0.29) is 0 Å². The van der Waals surface area contributed by atoms with Crippen LogP contribution in [-0.4, -0.2) is 12.6 Å². The largest absolute Gasteiger partial charge is 0.493 e. The summed E-state index contributed by atoms with van der Waals surface area (Å²) in [6, 6.07) is 1.63. The molecule has 0 fully saturated rings. The SMILES string of the molecule is NC(=O)Nc1c2c(cc3c1CCO3)CCC2. The van der Waals surface area contributed by atoms with E-state index in [9.17, 15) is 4.79 Å². The van der Waals surface area contributed by atoms with Crippen molar-refractivity contribution < 1.29 is 9.53 Å². The molecule has 4 heteroatoms. The molecule has 1 aliphatic carbocycles. The molecule has 0 radical (unpaired) electrons. The molecule has 0 atom stereocenters. The van der Waals surface area contributed by atoms with Gasteiger partial charge in [0.05, 0.1) is 12.3 Å². The number of carbonyl (C=O) groups excluding carboxylic acids is 1. The van der Waals surface area contributed by atoms with Crippen LogP contribution in [0, 0.1) is 0 Å². The van der Waals surface area contributed by atoms with Gasteiger partial charge in [0.1, 0.15) is 5.75 Å². The van der Waals surface area contributed by atoms with E-state index >= 15 is 0 Å². The maximum atomic E-state index is 11.0. The molecular weight excluding hydrogens is 204 g/mol. The first-order valence-corrected chi connectivity index (χ1v) is 5.62. The number of rotatable bonds is 1. The molecular formula is C12H14N2O2. The molecule has 0 bridgehead atoms. The van der Waals surface area contributed by atoms with Crippen molar-refractivity contribution >= 4 is 11.7 Å². The third kappa shape index (κ3) is 1.33. The Balaban J connectivity index is 2.15. The van der Waals surface area contributed by atoms with E-state index in [1.54, 1.807) is 0 Å². The highest BCUT2D eigenvalue weighted by molar-refractivity contribution is 5.91. The summed E-state index contributed by atoms with van der Waals surface area (Å²) in [4.78, 5) is 11.0. The van der Waals surface area contributed by atoms with Gasteiger partial charge in [-0.05, 0) is 36.5 Å². The van der Waals surface area contributed by atoms with E-state index in [4.69, 9.17) is 10.5 Å². The Morgan fingerprint density at radius 2 is 2.19 bits per heavy atom. The highest BCUT2D eigenvalue weighted by Gasteiger charge is 2.25. The van der Waals surface area contributed by atoms with Crippen LogP contribution in [0.25, 0.3) is 0 Å². The molecule has 84 valence electrons. The lowest BCUT2D eigenvalue weighted by atomic mass is 10.0. The number of ether oxygens (including phenoxy) is 1. The zero-order valence-electron chi connectivity index (χ0n) is 9.01. The summed E-state index contributed by atoms with van der Waals surface area (Å²) in [6.45, 7) is 0.700. The number of fused-ring (bicyclic) bond motifs is 2. The average Bonchev–Trinajstić information content (AvgIpc) is 2.83. The molecule has 3 rings (SSSR count). The molecule has 3 N–H and O–H groups in total. The highest BCUT2D eigenvalue weighted by Crippen LogP contribution is 2.40. The molecule has 4 nitrogen and oxygen atoms in total. The molecule has 2 aliphatic rings. The number of aryl methyl sites for hydroxylation is 1. The first kappa shape index (κ1) is 9.51. The molecule has 0 saturated heterocycles. The van der Waals surface area contributed by atoms with Crippen LogP contribution in [0.15, 0.2) is 6.07 Å². The van der Waals surface area contributed by atoms with Crippen molar-refractivity contribution in [2.24, 2.45) is 5.73 Å². The van der Waals surface area contributed by atoms with Crippen molar-refractivity contribution in [3.05, 3.63) is 22.8 Å². The quantitative estimate of drug-likeness (QED) is 0.752. The van der Waals surface area contributed by atoms with E-state index in [1.165, 1.54) is 11.1 Å². The third-order valence-electron chi connectivity index (χ3n) is 3.32. The van der Waals surface area contributed by atoms with Crippen LogP contribution < -0.4 is 15.8 Å². The van der Waals surface area contributed by atoms with Crippen LogP contribution in [0.1, 0.15) is 23.1 Å². The summed E-state index contributed by atoms with van der Waals surface area (Å²) >= 11 is 0. The summed E-state index contributed by atoms with van der Waals surface area (Å²) in [5.41, 5.74) is 9.79. The first-order valence-electron chi connectivity index (χ1n) is 5.62. The van der Waals surface area contributed by atoms with Gasteiger partial charge >= 0.3 is 6.03 Å². The smallest absolute Gasteiger partial charge is 0.316 e. The van der Waals surface area contributed by atoms with Crippen LogP contribution in [0.2, 0.25) is 0 Å². The van der Waals surface area contributed by atoms with Gasteiger partial charge in [-0.15, -0.1) is 0 Å². The van der Waals surface area contributed by atoms with E-state index in [2.05, 4.69) is 11.4 Å². The average molecular weight is 218 g/mol. The molecule has 2 amide bonds. The van der Waals surface area contributed by atoms with Crippen molar-refractivity contribution in [1.82, 2.24) is 0 Å². The van der Waals surface area contributed by atoms with Crippen LogP contribution in [-0.2, 0) is 19.3 Å². The Morgan fingerprint density at radius 1 is 1.31 bits per heavy atom. The topological polar surface area (TPSA) is 64.4 Å². The van der Waals surface area contributed by atoms with Gasteiger partial charge < -0.3 is 15.8 Å². The second-order valence-corrected chi connectivity index (χ2v) is 4.31. The fourth-order valence-electron chi connectivity index (χ4n) is 2.68. The van der Waals surface area contributed by atoms with Crippen molar-refractivity contribution in [3.8, 4) is 5.75 Å². The number of benzene rings is 1. The maximum Gasteiger partial charge on any atom is 0.316 e. The lowest BCUT2D eigenvalue weighted by Crippen LogP contribution is -2.21. The van der Waals surface area contributed by atoms with E-state index in [1.807, 2.05) is 0 Å². The van der Waals surface area contributed by atoms with Gasteiger partial charge in [0.15, 0.2) is 0 Å². The number of amides is 2. The lowest BCUT2D eigenvalue weighted by molar-refractivity contribution is 0.259. The fraction of sp³-hybridized carbons (Fsp3) is 0.417. The molecule has 1 aromatic rings. The summed E-state index contributed by atoms with van der Waals surface area (Å²) in [6.07, 6.45) is 4.10. The Hall–Kier alpha value is -1.71. The molecule has 16 heavy (non-hydrogen) atoms. The number of urea groups is 1. The summed E-state index contributed by atoms with van der Waals surface area (Å²) in [5, 5.41) is 2.76. The number of nitrogens with one attached hydrogen (secondary N) is 1. The molecule has 0 unspecified atom stereocenters. The first-order chi connectivity index (χ1) is 7.75. The zero-order chi connectivity index (χ0) is 11.1. The van der Waals surface area contributed by atoms with Crippen LogP contribution in [0.3, 0.4) is 0 Å². The van der Waals surface area contributed by atoms with Gasteiger partial charge in [0, 0.05) is 12.0 Å². The minimum Gasteiger partial charge on any atom is -0.493 e. The summed E-state index contributed by atoms with van der Waals surface area (Å²) in [7, 11) is 0. The van der Waals surface area contributed by atoms with Gasteiger partial charge in [-0.1, -0.05) is 0 Å². The van der Waals surface area contributed by atoms with Gasteiger partial charge in [0.2, 0.25) is 0 Å². The predicted molar refractivity (Wildman–Crippen MR) is 60.9 cm³/mol. The van der Waals surface area contributed by atoms with Gasteiger partial charge in [-0.2, -0.15) is 0 Å². The number of carbonyl (C=O) groups is 1. The van der Waals surface area contributed by atoms with Gasteiger partial charge in [-0.3, -0.25) is 0 Å². The zero-order valence-corrected chi connectivity index (χ0v) is 9.01. The van der Waals surface area contributed by atoms with Crippen LogP contribution in [0.4, 0.5) is 10.5 Å². The molecule has 0 spiro atoms. The van der Waals surface area contributed by atoms with Gasteiger partial charge in [0.25, 0.3) is 0 Å². The van der Waals surface area contributed by atoms with E-state index in [0.29, 0.717) is 6.61 Å². The van der Waals surface area contributed by atoms with E-state index in [0.717, 1.165) is 42.7 Å². The molecule has 1 aliphatic heterocycles. The molecule has 1 heterocycles. The normalized spacial score (nSPS) is 16.5. The van der Waals surface area contributed by atoms with Crippen molar-refractivity contribution in [3.63, 3.8) is 0 Å². The van der Waals surface area contributed by atoms with Crippen molar-refractivity contribution in [2.45, 2.75) is 25.7 Å². The number of hydrogen-bond donors (Lipinski definition) is 2. The molecule has 0 saturated carbocycles. The van der Waals surface area contributed by atoms with Crippen LogP contribution in [0.5, 0.6) is 5.75 Å². The Morgan fingerprint density at radius 3 is 3.00 bits per heavy atom. The fourth-order valence-corrected chi connectivity index (χ4v) is 2.68. The number of hydrogen-bond acceptors (Lipinski definition) is 2. The summed E-state index contributed by atoms with van der Waals surface area (Å²) < 4.78 is 5.55. The van der Waals surface area contributed by atoms with Gasteiger partial charge in [-0.25, -0.2) is 4.79 Å². The minimum atomic E-state index is -0.491. The third-order valence-corrected chi connectivity index (χ3v) is 3.32. The number of primary amides is 1.